The minimum atomic E-state index is 0.829. The fourth-order valence-corrected chi connectivity index (χ4v) is 2.68. The van der Waals surface area contributed by atoms with Crippen molar-refractivity contribution in [1.29, 1.82) is 0 Å². The molecule has 0 saturated heterocycles. The van der Waals surface area contributed by atoms with Crippen molar-refractivity contribution in [1.82, 2.24) is 4.98 Å². The molecule has 0 atom stereocenters. The zero-order valence-corrected chi connectivity index (χ0v) is 12.9. The number of benzene rings is 2. The van der Waals surface area contributed by atoms with Crippen molar-refractivity contribution in [3.05, 3.63) is 59.8 Å². The molecular weight excluding hydrogens is 276 g/mol. The van der Waals surface area contributed by atoms with Gasteiger partial charge in [0.2, 0.25) is 0 Å². The Kier molecular flexibility index (Phi) is 4.30. The minimum absolute atomic E-state index is 0.829. The van der Waals surface area contributed by atoms with Gasteiger partial charge in [0.15, 0.2) is 0 Å². The largest absolute Gasteiger partial charge is 0.497 e. The molecule has 3 aromatic rings. The van der Waals surface area contributed by atoms with Crippen LogP contribution in [0.15, 0.2) is 48.7 Å². The lowest BCUT2D eigenvalue weighted by Crippen LogP contribution is -2.80. The van der Waals surface area contributed by atoms with E-state index in [2.05, 4.69) is 40.8 Å². The van der Waals surface area contributed by atoms with E-state index < -0.39 is 0 Å². The number of rotatable bonds is 6. The van der Waals surface area contributed by atoms with Crippen molar-refractivity contribution < 1.29 is 14.8 Å². The van der Waals surface area contributed by atoms with Crippen molar-refractivity contribution in [2.24, 2.45) is 0 Å². The van der Waals surface area contributed by atoms with Crippen LogP contribution in [0.25, 0.3) is 10.9 Å². The average molecular weight is 297 g/mol. The van der Waals surface area contributed by atoms with Gasteiger partial charge in [0.1, 0.15) is 24.6 Å². The van der Waals surface area contributed by atoms with E-state index in [-0.39, 0.29) is 0 Å². The van der Waals surface area contributed by atoms with Crippen LogP contribution in [0.3, 0.4) is 0 Å². The molecule has 0 bridgehead atoms. The van der Waals surface area contributed by atoms with Crippen LogP contribution in [-0.4, -0.2) is 19.2 Å². The Morgan fingerprint density at radius 1 is 0.955 bits per heavy atom. The molecule has 0 aliphatic rings. The zero-order chi connectivity index (χ0) is 15.4. The highest BCUT2D eigenvalue weighted by molar-refractivity contribution is 5.82. The van der Waals surface area contributed by atoms with Crippen molar-refractivity contribution in [2.75, 3.05) is 14.2 Å². The summed E-state index contributed by atoms with van der Waals surface area (Å²) in [5.74, 6) is 1.66. The molecule has 114 valence electrons. The molecule has 0 saturated carbocycles. The second kappa shape index (κ2) is 6.54. The highest BCUT2D eigenvalue weighted by Crippen LogP contribution is 2.22. The standard InChI is InChI=1S/C18H20N2O2/c1-21-15-7-13(8-16(9-15)22-2)10-19-11-14-12-20-18-6-4-3-5-17(14)18/h3-9,12,19-20H,10-11H2,1-2H3/p+1. The number of hydrogen-bond donors (Lipinski definition) is 2. The third-order valence-electron chi connectivity index (χ3n) is 3.83. The Labute approximate surface area is 130 Å². The molecule has 0 amide bonds. The maximum Gasteiger partial charge on any atom is 0.123 e. The van der Waals surface area contributed by atoms with Crippen LogP contribution in [0.4, 0.5) is 0 Å². The van der Waals surface area contributed by atoms with Gasteiger partial charge in [-0.2, -0.15) is 0 Å². The summed E-state index contributed by atoms with van der Waals surface area (Å²) in [7, 11) is 3.35. The highest BCUT2D eigenvalue weighted by atomic mass is 16.5. The average Bonchev–Trinajstić information content (AvgIpc) is 2.98. The van der Waals surface area contributed by atoms with Crippen molar-refractivity contribution >= 4 is 10.9 Å². The van der Waals surface area contributed by atoms with Crippen LogP contribution >= 0.6 is 0 Å². The molecule has 0 aliphatic heterocycles. The smallest absolute Gasteiger partial charge is 0.123 e. The number of nitrogens with one attached hydrogen (secondary N) is 1. The Hall–Kier alpha value is -2.46. The molecule has 2 aromatic carbocycles. The first-order chi connectivity index (χ1) is 10.8. The van der Waals surface area contributed by atoms with Crippen LogP contribution in [0.5, 0.6) is 11.5 Å². The van der Waals surface area contributed by atoms with E-state index in [4.69, 9.17) is 9.47 Å². The Bertz CT molecular complexity index is 742. The third kappa shape index (κ3) is 3.07. The Balaban J connectivity index is 1.68. The number of fused-ring (bicyclic) bond motifs is 1. The SMILES string of the molecule is COc1cc(C[NH2+]Cc2c[nH]c3ccccc23)cc(OC)c1. The number of quaternary nitrogens is 1. The van der Waals surface area contributed by atoms with Crippen LogP contribution in [0.2, 0.25) is 0 Å². The number of H-pyrrole nitrogens is 1. The molecule has 0 fully saturated rings. The number of aromatic amines is 1. The van der Waals surface area contributed by atoms with Crippen LogP contribution in [0.1, 0.15) is 11.1 Å². The van der Waals surface area contributed by atoms with Gasteiger partial charge < -0.3 is 19.8 Å². The monoisotopic (exact) mass is 297 g/mol. The normalized spacial score (nSPS) is 10.8. The number of methoxy groups -OCH3 is 2. The summed E-state index contributed by atoms with van der Waals surface area (Å²) in [4.78, 5) is 3.31. The van der Waals surface area contributed by atoms with Gasteiger partial charge in [-0.1, -0.05) is 18.2 Å². The van der Waals surface area contributed by atoms with Crippen LogP contribution in [-0.2, 0) is 13.1 Å². The lowest BCUT2D eigenvalue weighted by molar-refractivity contribution is -0.686. The Morgan fingerprint density at radius 3 is 2.41 bits per heavy atom. The maximum absolute atomic E-state index is 5.31. The first-order valence-corrected chi connectivity index (χ1v) is 7.39. The molecule has 4 nitrogen and oxygen atoms in total. The van der Waals surface area contributed by atoms with E-state index in [1.165, 1.54) is 22.0 Å². The molecule has 22 heavy (non-hydrogen) atoms. The second-order valence-corrected chi connectivity index (χ2v) is 5.28. The zero-order valence-electron chi connectivity index (χ0n) is 12.9. The quantitative estimate of drug-likeness (QED) is 0.734. The number of aromatic nitrogens is 1. The molecule has 0 spiro atoms. The van der Waals surface area contributed by atoms with Crippen molar-refractivity contribution in [2.45, 2.75) is 13.1 Å². The number of ether oxygens (including phenoxy) is 2. The number of nitrogens with two attached hydrogens (primary N) is 1. The van der Waals surface area contributed by atoms with E-state index in [1.54, 1.807) is 14.2 Å². The molecular formula is C18H21N2O2+. The van der Waals surface area contributed by atoms with Gasteiger partial charge in [0, 0.05) is 34.3 Å². The second-order valence-electron chi connectivity index (χ2n) is 5.28. The first-order valence-electron chi connectivity index (χ1n) is 7.39. The summed E-state index contributed by atoms with van der Waals surface area (Å²) in [6.07, 6.45) is 2.09. The molecule has 1 aromatic heterocycles. The molecule has 4 heteroatoms. The molecule has 0 aliphatic carbocycles. The maximum atomic E-state index is 5.31. The van der Waals surface area contributed by atoms with Gasteiger partial charge in [-0.05, 0) is 18.2 Å². The summed E-state index contributed by atoms with van der Waals surface area (Å²) >= 11 is 0. The predicted octanol–water partition coefficient (Wildman–Crippen LogP) is 2.45. The molecule has 3 N–H and O–H groups in total. The third-order valence-corrected chi connectivity index (χ3v) is 3.83. The summed E-state index contributed by atoms with van der Waals surface area (Å²) in [6.45, 7) is 1.82. The number of para-hydroxylation sites is 1. The first kappa shape index (κ1) is 14.5. The molecule has 0 radical (unpaired) electrons. The fraction of sp³-hybridized carbons (Fsp3) is 0.222. The minimum Gasteiger partial charge on any atom is -0.497 e. The van der Waals surface area contributed by atoms with E-state index in [0.29, 0.717) is 0 Å². The summed E-state index contributed by atoms with van der Waals surface area (Å²) in [5, 5.41) is 3.58. The van der Waals surface area contributed by atoms with Gasteiger partial charge in [-0.3, -0.25) is 0 Å². The van der Waals surface area contributed by atoms with E-state index in [0.717, 1.165) is 24.6 Å². The lowest BCUT2D eigenvalue weighted by Gasteiger charge is -2.08. The van der Waals surface area contributed by atoms with Gasteiger partial charge in [0.25, 0.3) is 0 Å². The topological polar surface area (TPSA) is 50.9 Å². The van der Waals surface area contributed by atoms with Gasteiger partial charge in [-0.15, -0.1) is 0 Å². The molecule has 0 unspecified atom stereocenters. The predicted molar refractivity (Wildman–Crippen MR) is 87.2 cm³/mol. The summed E-state index contributed by atoms with van der Waals surface area (Å²) < 4.78 is 10.6. The van der Waals surface area contributed by atoms with E-state index >= 15 is 0 Å². The van der Waals surface area contributed by atoms with E-state index in [1.807, 2.05) is 18.2 Å². The number of hydrogen-bond acceptors (Lipinski definition) is 2. The van der Waals surface area contributed by atoms with Crippen LogP contribution in [0, 0.1) is 0 Å². The summed E-state index contributed by atoms with van der Waals surface area (Å²) in [5.41, 5.74) is 3.70. The van der Waals surface area contributed by atoms with Crippen LogP contribution < -0.4 is 14.8 Å². The highest BCUT2D eigenvalue weighted by Gasteiger charge is 2.06. The fourth-order valence-electron chi connectivity index (χ4n) is 2.68. The molecule has 1 heterocycles. The van der Waals surface area contributed by atoms with Crippen molar-refractivity contribution in [3.8, 4) is 11.5 Å². The van der Waals surface area contributed by atoms with Crippen molar-refractivity contribution in [3.63, 3.8) is 0 Å². The van der Waals surface area contributed by atoms with Gasteiger partial charge in [-0.25, -0.2) is 0 Å². The van der Waals surface area contributed by atoms with E-state index in [9.17, 15) is 0 Å². The van der Waals surface area contributed by atoms with Gasteiger partial charge >= 0.3 is 0 Å². The van der Waals surface area contributed by atoms with Gasteiger partial charge in [0.05, 0.1) is 14.2 Å². The lowest BCUT2D eigenvalue weighted by atomic mass is 10.1. The summed E-state index contributed by atoms with van der Waals surface area (Å²) in [6, 6.07) is 14.4. The molecule has 3 rings (SSSR count). The Morgan fingerprint density at radius 2 is 1.68 bits per heavy atom.